The fourth-order valence-corrected chi connectivity index (χ4v) is 4.19. The Kier molecular flexibility index (Phi) is 5.86. The molecule has 1 saturated carbocycles. The van der Waals surface area contributed by atoms with Gasteiger partial charge in [0.05, 0.1) is 6.42 Å². The highest BCUT2D eigenvalue weighted by molar-refractivity contribution is 5.79. The first-order valence-corrected chi connectivity index (χ1v) is 8.98. The topological polar surface area (TPSA) is 58.6 Å². The van der Waals surface area contributed by atoms with Crippen LogP contribution in [0.15, 0.2) is 18.2 Å². The van der Waals surface area contributed by atoms with E-state index in [1.54, 1.807) is 4.90 Å². The summed E-state index contributed by atoms with van der Waals surface area (Å²) in [7, 11) is 1.50. The molecule has 5 nitrogen and oxygen atoms in total. The van der Waals surface area contributed by atoms with Crippen LogP contribution >= 0.6 is 0 Å². The lowest BCUT2D eigenvalue weighted by Crippen LogP contribution is -2.46. The molecule has 1 heterocycles. The fraction of sp³-hybridized carbons (Fsp3) is 0.579. The van der Waals surface area contributed by atoms with Gasteiger partial charge < -0.3 is 15.0 Å². The fourth-order valence-electron chi connectivity index (χ4n) is 4.19. The van der Waals surface area contributed by atoms with E-state index in [4.69, 9.17) is 4.74 Å². The molecule has 1 saturated heterocycles. The third-order valence-electron chi connectivity index (χ3n) is 5.45. The maximum absolute atomic E-state index is 13.8. The predicted octanol–water partition coefficient (Wildman–Crippen LogP) is 1.90. The molecule has 2 fully saturated rings. The average Bonchev–Trinajstić information content (AvgIpc) is 3.05. The van der Waals surface area contributed by atoms with Gasteiger partial charge in [-0.1, -0.05) is 18.6 Å². The van der Waals surface area contributed by atoms with E-state index in [0.29, 0.717) is 19.0 Å². The van der Waals surface area contributed by atoms with E-state index in [0.717, 1.165) is 25.3 Å². The summed E-state index contributed by atoms with van der Waals surface area (Å²) in [5, 5.41) is 2.98. The number of hydrogen-bond donors (Lipinski definition) is 1. The smallest absolute Gasteiger partial charge is 0.248 e. The van der Waals surface area contributed by atoms with E-state index in [2.05, 4.69) is 5.32 Å². The van der Waals surface area contributed by atoms with Crippen molar-refractivity contribution in [3.8, 4) is 0 Å². The van der Waals surface area contributed by atoms with Crippen LogP contribution in [-0.2, 0) is 20.7 Å². The molecule has 3 atom stereocenters. The summed E-state index contributed by atoms with van der Waals surface area (Å²) in [4.78, 5) is 26.2. The third kappa shape index (κ3) is 4.03. The molecule has 0 radical (unpaired) electrons. The lowest BCUT2D eigenvalue weighted by Gasteiger charge is -2.33. The molecule has 1 N–H and O–H groups in total. The number of nitrogens with one attached hydrogen (secondary N) is 1. The molecule has 7 heteroatoms. The molecule has 0 unspecified atom stereocenters. The minimum atomic E-state index is -0.971. The van der Waals surface area contributed by atoms with E-state index in [1.807, 2.05) is 0 Å². The number of hydrogen-bond acceptors (Lipinski definition) is 3. The Morgan fingerprint density at radius 1 is 1.27 bits per heavy atom. The Labute approximate surface area is 151 Å². The minimum absolute atomic E-state index is 0.0335. The molecule has 142 valence electrons. The first-order chi connectivity index (χ1) is 12.5. The van der Waals surface area contributed by atoms with Crippen molar-refractivity contribution in [2.45, 2.75) is 31.7 Å². The van der Waals surface area contributed by atoms with Crippen molar-refractivity contribution in [2.24, 2.45) is 11.8 Å². The maximum atomic E-state index is 13.8. The molecule has 2 amide bonds. The van der Waals surface area contributed by atoms with Gasteiger partial charge in [0.25, 0.3) is 0 Å². The first kappa shape index (κ1) is 18.8. The number of halogens is 2. The summed E-state index contributed by atoms with van der Waals surface area (Å²) < 4.78 is 32.0. The van der Waals surface area contributed by atoms with E-state index in [-0.39, 0.29) is 42.4 Å². The Morgan fingerprint density at radius 3 is 2.85 bits per heavy atom. The van der Waals surface area contributed by atoms with Crippen LogP contribution in [0.1, 0.15) is 24.8 Å². The number of ether oxygens (including phenoxy) is 1. The van der Waals surface area contributed by atoms with Gasteiger partial charge in [-0.05, 0) is 24.8 Å². The minimum Gasteiger partial charge on any atom is -0.375 e. The van der Waals surface area contributed by atoms with Crippen molar-refractivity contribution in [2.75, 3.05) is 26.8 Å². The van der Waals surface area contributed by atoms with Crippen molar-refractivity contribution in [3.05, 3.63) is 35.4 Å². The van der Waals surface area contributed by atoms with Crippen LogP contribution in [0.2, 0.25) is 0 Å². The monoisotopic (exact) mass is 366 g/mol. The Bertz CT molecular complexity index is 683. The molecule has 0 spiro atoms. The van der Waals surface area contributed by atoms with E-state index >= 15 is 0 Å². The molecule has 0 aromatic heterocycles. The standard InChI is InChI=1S/C19H24F2N2O3/c1-26-11-18(25)23-9-13-5-3-7-16(14(13)10-23)22-17(24)8-12-4-2-6-15(20)19(12)21/h2,4,6,13-14,16H,3,5,7-11H2,1H3,(H,22,24)/t13-,14+,16-/m0/s1. The number of carbonyl (C=O) groups is 2. The highest BCUT2D eigenvalue weighted by Gasteiger charge is 2.42. The van der Waals surface area contributed by atoms with Crippen molar-refractivity contribution < 1.29 is 23.1 Å². The number of benzene rings is 1. The molecular formula is C19H24F2N2O3. The summed E-state index contributed by atoms with van der Waals surface area (Å²) in [6.07, 6.45) is 2.66. The zero-order valence-corrected chi connectivity index (χ0v) is 14.8. The Morgan fingerprint density at radius 2 is 2.08 bits per heavy atom. The largest absolute Gasteiger partial charge is 0.375 e. The van der Waals surface area contributed by atoms with E-state index in [9.17, 15) is 18.4 Å². The van der Waals surface area contributed by atoms with E-state index < -0.39 is 11.6 Å². The van der Waals surface area contributed by atoms with Crippen molar-refractivity contribution in [1.29, 1.82) is 0 Å². The Balaban J connectivity index is 1.61. The number of likely N-dealkylation sites (tertiary alicyclic amines) is 1. The van der Waals surface area contributed by atoms with Gasteiger partial charge in [0, 0.05) is 37.7 Å². The van der Waals surface area contributed by atoms with Gasteiger partial charge in [-0.3, -0.25) is 9.59 Å². The molecule has 2 aliphatic rings. The van der Waals surface area contributed by atoms with Gasteiger partial charge in [0.15, 0.2) is 11.6 Å². The van der Waals surface area contributed by atoms with Crippen LogP contribution in [0, 0.1) is 23.5 Å². The lowest BCUT2D eigenvalue weighted by atomic mass is 9.78. The summed E-state index contributed by atoms with van der Waals surface area (Å²) in [5.74, 6) is -1.71. The summed E-state index contributed by atoms with van der Waals surface area (Å²) in [6.45, 7) is 1.36. The van der Waals surface area contributed by atoms with Gasteiger partial charge in [0.2, 0.25) is 11.8 Å². The van der Waals surface area contributed by atoms with Crippen LogP contribution < -0.4 is 5.32 Å². The second-order valence-electron chi connectivity index (χ2n) is 7.15. The summed E-state index contributed by atoms with van der Waals surface area (Å²) in [6, 6.07) is 3.81. The molecule has 3 rings (SSSR count). The van der Waals surface area contributed by atoms with Crippen molar-refractivity contribution in [1.82, 2.24) is 10.2 Å². The number of nitrogens with zero attached hydrogens (tertiary/aromatic N) is 1. The normalized spacial score (nSPS) is 25.0. The quantitative estimate of drug-likeness (QED) is 0.866. The molecular weight excluding hydrogens is 342 g/mol. The number of carbonyl (C=O) groups excluding carboxylic acids is 2. The number of fused-ring (bicyclic) bond motifs is 1. The SMILES string of the molecule is COCC(=O)N1C[C@@H]2CCC[C@H](NC(=O)Cc3cccc(F)c3F)[C@@H]2C1. The van der Waals surface area contributed by atoms with Crippen LogP contribution in [0.25, 0.3) is 0 Å². The lowest BCUT2D eigenvalue weighted by molar-refractivity contribution is -0.134. The van der Waals surface area contributed by atoms with Crippen molar-refractivity contribution in [3.63, 3.8) is 0 Å². The van der Waals surface area contributed by atoms with Gasteiger partial charge in [-0.15, -0.1) is 0 Å². The zero-order chi connectivity index (χ0) is 18.7. The highest BCUT2D eigenvalue weighted by Crippen LogP contribution is 2.36. The molecule has 1 aliphatic heterocycles. The maximum Gasteiger partial charge on any atom is 0.248 e. The third-order valence-corrected chi connectivity index (χ3v) is 5.45. The molecule has 0 bridgehead atoms. The van der Waals surface area contributed by atoms with Crippen LogP contribution in [0.3, 0.4) is 0 Å². The second kappa shape index (κ2) is 8.12. The predicted molar refractivity (Wildman–Crippen MR) is 91.3 cm³/mol. The molecule has 1 aromatic carbocycles. The number of amides is 2. The van der Waals surface area contributed by atoms with Crippen LogP contribution in [-0.4, -0.2) is 49.6 Å². The average molecular weight is 366 g/mol. The summed E-state index contributed by atoms with van der Waals surface area (Å²) in [5.41, 5.74) is 0.0539. The Hall–Kier alpha value is -2.02. The van der Waals surface area contributed by atoms with E-state index in [1.165, 1.54) is 19.2 Å². The molecule has 1 aliphatic carbocycles. The second-order valence-corrected chi connectivity index (χ2v) is 7.15. The van der Waals surface area contributed by atoms with Gasteiger partial charge >= 0.3 is 0 Å². The molecule has 1 aromatic rings. The highest BCUT2D eigenvalue weighted by atomic mass is 19.2. The number of methoxy groups -OCH3 is 1. The van der Waals surface area contributed by atoms with Gasteiger partial charge in [0.1, 0.15) is 6.61 Å². The first-order valence-electron chi connectivity index (χ1n) is 8.98. The number of rotatable bonds is 5. The van der Waals surface area contributed by atoms with Crippen LogP contribution in [0.4, 0.5) is 8.78 Å². The van der Waals surface area contributed by atoms with Gasteiger partial charge in [-0.25, -0.2) is 8.78 Å². The summed E-state index contributed by atoms with van der Waals surface area (Å²) >= 11 is 0. The van der Waals surface area contributed by atoms with Crippen LogP contribution in [0.5, 0.6) is 0 Å². The van der Waals surface area contributed by atoms with Gasteiger partial charge in [-0.2, -0.15) is 0 Å². The molecule has 26 heavy (non-hydrogen) atoms. The van der Waals surface area contributed by atoms with Crippen molar-refractivity contribution >= 4 is 11.8 Å². The zero-order valence-electron chi connectivity index (χ0n) is 14.8.